The number of hydrogen-bond acceptors (Lipinski definition) is 5. The zero-order chi connectivity index (χ0) is 15.5. The van der Waals surface area contributed by atoms with E-state index in [1.807, 2.05) is 12.4 Å². The fourth-order valence-corrected chi connectivity index (χ4v) is 2.06. The van der Waals surface area contributed by atoms with Crippen LogP contribution in [0.1, 0.15) is 45.6 Å². The standard InChI is InChI=1S/C16H30N4O/c1-5-7-9-20(14(3)6-2)16-18-12-15(13-19-16)11-17-8-10-21-4/h12-14,17H,5-11H2,1-4H3. The highest BCUT2D eigenvalue weighted by molar-refractivity contribution is 5.31. The summed E-state index contributed by atoms with van der Waals surface area (Å²) in [5, 5.41) is 3.30. The maximum atomic E-state index is 5.01. The lowest BCUT2D eigenvalue weighted by Crippen LogP contribution is -2.35. The molecule has 0 radical (unpaired) electrons. The first-order valence-electron chi connectivity index (χ1n) is 8.00. The molecule has 5 nitrogen and oxygen atoms in total. The summed E-state index contributed by atoms with van der Waals surface area (Å²) < 4.78 is 5.01. The fourth-order valence-electron chi connectivity index (χ4n) is 2.06. The summed E-state index contributed by atoms with van der Waals surface area (Å²) in [5.74, 6) is 0.846. The molecule has 0 aliphatic rings. The summed E-state index contributed by atoms with van der Waals surface area (Å²) in [6, 6.07) is 0.474. The van der Waals surface area contributed by atoms with Gasteiger partial charge in [-0.05, 0) is 19.8 Å². The number of unbranched alkanes of at least 4 members (excludes halogenated alkanes) is 1. The molecule has 21 heavy (non-hydrogen) atoms. The molecule has 1 heterocycles. The van der Waals surface area contributed by atoms with Crippen LogP contribution in [0.3, 0.4) is 0 Å². The van der Waals surface area contributed by atoms with Gasteiger partial charge in [0.2, 0.25) is 5.95 Å². The highest BCUT2D eigenvalue weighted by Gasteiger charge is 2.14. The molecule has 1 rings (SSSR count). The number of rotatable bonds is 11. The van der Waals surface area contributed by atoms with Crippen LogP contribution in [-0.2, 0) is 11.3 Å². The third-order valence-corrected chi connectivity index (χ3v) is 3.64. The molecule has 1 atom stereocenters. The Kier molecular flexibility index (Phi) is 8.94. The number of nitrogens with zero attached hydrogens (tertiary/aromatic N) is 3. The molecule has 1 aromatic rings. The van der Waals surface area contributed by atoms with Gasteiger partial charge in [0.15, 0.2) is 0 Å². The van der Waals surface area contributed by atoms with Gasteiger partial charge in [-0.15, -0.1) is 0 Å². The molecule has 0 aromatic carbocycles. The van der Waals surface area contributed by atoms with Crippen LogP contribution in [0.25, 0.3) is 0 Å². The summed E-state index contributed by atoms with van der Waals surface area (Å²) in [5.41, 5.74) is 1.11. The molecule has 0 spiro atoms. The first kappa shape index (κ1) is 17.9. The molecule has 1 aromatic heterocycles. The third-order valence-electron chi connectivity index (χ3n) is 3.64. The van der Waals surface area contributed by atoms with E-state index in [1.165, 1.54) is 12.8 Å². The Bertz CT molecular complexity index is 369. The Morgan fingerprint density at radius 1 is 1.29 bits per heavy atom. The van der Waals surface area contributed by atoms with E-state index in [0.717, 1.165) is 44.2 Å². The van der Waals surface area contributed by atoms with Crippen molar-refractivity contribution in [1.82, 2.24) is 15.3 Å². The molecule has 0 bridgehead atoms. The topological polar surface area (TPSA) is 50.3 Å². The van der Waals surface area contributed by atoms with Crippen LogP contribution < -0.4 is 10.2 Å². The zero-order valence-corrected chi connectivity index (χ0v) is 13.9. The second-order valence-corrected chi connectivity index (χ2v) is 5.37. The average Bonchev–Trinajstić information content (AvgIpc) is 2.53. The van der Waals surface area contributed by atoms with Gasteiger partial charge in [-0.1, -0.05) is 20.3 Å². The van der Waals surface area contributed by atoms with E-state index in [9.17, 15) is 0 Å². The first-order valence-corrected chi connectivity index (χ1v) is 8.00. The number of anilines is 1. The largest absolute Gasteiger partial charge is 0.383 e. The van der Waals surface area contributed by atoms with E-state index >= 15 is 0 Å². The summed E-state index contributed by atoms with van der Waals surface area (Å²) in [6.45, 7) is 10.0. The van der Waals surface area contributed by atoms with Crippen LogP contribution in [-0.4, -0.2) is 42.8 Å². The smallest absolute Gasteiger partial charge is 0.225 e. The lowest BCUT2D eigenvalue weighted by Gasteiger charge is -2.28. The minimum absolute atomic E-state index is 0.474. The van der Waals surface area contributed by atoms with Crippen LogP contribution in [0.2, 0.25) is 0 Å². The van der Waals surface area contributed by atoms with E-state index in [1.54, 1.807) is 7.11 Å². The van der Waals surface area contributed by atoms with E-state index < -0.39 is 0 Å². The second-order valence-electron chi connectivity index (χ2n) is 5.37. The van der Waals surface area contributed by atoms with Gasteiger partial charge in [0.05, 0.1) is 6.61 Å². The zero-order valence-electron chi connectivity index (χ0n) is 13.9. The Morgan fingerprint density at radius 3 is 2.57 bits per heavy atom. The lowest BCUT2D eigenvalue weighted by molar-refractivity contribution is 0.199. The number of aromatic nitrogens is 2. The van der Waals surface area contributed by atoms with Gasteiger partial charge in [-0.2, -0.15) is 0 Å². The molecule has 0 saturated heterocycles. The van der Waals surface area contributed by atoms with Gasteiger partial charge < -0.3 is 15.0 Å². The van der Waals surface area contributed by atoms with Crippen molar-refractivity contribution >= 4 is 5.95 Å². The highest BCUT2D eigenvalue weighted by Crippen LogP contribution is 2.14. The monoisotopic (exact) mass is 294 g/mol. The molecular formula is C16H30N4O. The SMILES string of the molecule is CCCCN(c1ncc(CNCCOC)cn1)C(C)CC. The van der Waals surface area contributed by atoms with Crippen LogP contribution in [0, 0.1) is 0 Å². The molecular weight excluding hydrogens is 264 g/mol. The average molecular weight is 294 g/mol. The Labute approximate surface area is 129 Å². The molecule has 1 unspecified atom stereocenters. The van der Waals surface area contributed by atoms with E-state index in [4.69, 9.17) is 4.74 Å². The van der Waals surface area contributed by atoms with Crippen molar-refractivity contribution in [1.29, 1.82) is 0 Å². The van der Waals surface area contributed by atoms with Crippen molar-refractivity contribution in [2.24, 2.45) is 0 Å². The summed E-state index contributed by atoms with van der Waals surface area (Å²) in [7, 11) is 1.71. The molecule has 120 valence electrons. The number of hydrogen-bond donors (Lipinski definition) is 1. The van der Waals surface area contributed by atoms with E-state index in [0.29, 0.717) is 6.04 Å². The number of ether oxygens (including phenoxy) is 1. The third kappa shape index (κ3) is 6.40. The fraction of sp³-hybridized carbons (Fsp3) is 0.750. The van der Waals surface area contributed by atoms with Gasteiger partial charge >= 0.3 is 0 Å². The summed E-state index contributed by atoms with van der Waals surface area (Å²) in [6.07, 6.45) is 7.31. The van der Waals surface area contributed by atoms with Crippen molar-refractivity contribution in [3.63, 3.8) is 0 Å². The molecule has 0 aliphatic carbocycles. The van der Waals surface area contributed by atoms with Crippen LogP contribution >= 0.6 is 0 Å². The van der Waals surface area contributed by atoms with E-state index in [2.05, 4.69) is 41.0 Å². The van der Waals surface area contributed by atoms with Crippen LogP contribution in [0.5, 0.6) is 0 Å². The Hall–Kier alpha value is -1.20. The maximum Gasteiger partial charge on any atom is 0.225 e. The number of nitrogens with one attached hydrogen (secondary N) is 1. The number of methoxy groups -OCH3 is 1. The van der Waals surface area contributed by atoms with Crippen LogP contribution in [0.4, 0.5) is 5.95 Å². The predicted molar refractivity (Wildman–Crippen MR) is 87.6 cm³/mol. The van der Waals surface area contributed by atoms with Crippen molar-refractivity contribution in [2.45, 2.75) is 52.6 Å². The van der Waals surface area contributed by atoms with Crippen LogP contribution in [0.15, 0.2) is 12.4 Å². The molecule has 0 amide bonds. The van der Waals surface area contributed by atoms with Crippen molar-refractivity contribution in [3.8, 4) is 0 Å². The van der Waals surface area contributed by atoms with Crippen molar-refractivity contribution in [3.05, 3.63) is 18.0 Å². The highest BCUT2D eigenvalue weighted by atomic mass is 16.5. The van der Waals surface area contributed by atoms with E-state index in [-0.39, 0.29) is 0 Å². The quantitative estimate of drug-likeness (QED) is 0.636. The van der Waals surface area contributed by atoms with Crippen molar-refractivity contribution in [2.75, 3.05) is 31.7 Å². The Balaban J connectivity index is 2.59. The van der Waals surface area contributed by atoms with Gasteiger partial charge in [0.1, 0.15) is 0 Å². The molecule has 0 fully saturated rings. The Morgan fingerprint density at radius 2 is 2.00 bits per heavy atom. The van der Waals surface area contributed by atoms with Gasteiger partial charge in [0.25, 0.3) is 0 Å². The normalized spacial score (nSPS) is 12.4. The molecule has 5 heteroatoms. The van der Waals surface area contributed by atoms with Gasteiger partial charge in [-0.3, -0.25) is 0 Å². The van der Waals surface area contributed by atoms with Gasteiger partial charge in [-0.25, -0.2) is 9.97 Å². The predicted octanol–water partition coefficient (Wildman–Crippen LogP) is 2.62. The molecule has 0 saturated carbocycles. The molecule has 1 N–H and O–H groups in total. The van der Waals surface area contributed by atoms with Gasteiger partial charge in [0, 0.05) is 50.7 Å². The minimum Gasteiger partial charge on any atom is -0.383 e. The summed E-state index contributed by atoms with van der Waals surface area (Å²) >= 11 is 0. The first-order chi connectivity index (χ1) is 10.2. The maximum absolute atomic E-state index is 5.01. The van der Waals surface area contributed by atoms with Crippen molar-refractivity contribution < 1.29 is 4.74 Å². The second kappa shape index (κ2) is 10.5. The lowest BCUT2D eigenvalue weighted by atomic mass is 10.2. The minimum atomic E-state index is 0.474. The summed E-state index contributed by atoms with van der Waals surface area (Å²) in [4.78, 5) is 11.4. The molecule has 0 aliphatic heterocycles.